The van der Waals surface area contributed by atoms with Gasteiger partial charge in [-0.2, -0.15) is 0 Å². The van der Waals surface area contributed by atoms with E-state index in [0.29, 0.717) is 25.7 Å². The second kappa shape index (κ2) is 7.04. The standard InChI is InChI=1S/C20H23NO3/c1-13(17-8-4-6-14-5-2-3-7-18(14)17)21-19(22)15-9-11-16(12-10-15)20(23)24/h2-8,13,15-16H,9-12H2,1H3,(H,21,22)(H,23,24). The maximum Gasteiger partial charge on any atom is 0.306 e. The van der Waals surface area contributed by atoms with Crippen LogP contribution in [0.5, 0.6) is 0 Å². The van der Waals surface area contributed by atoms with Gasteiger partial charge in [-0.25, -0.2) is 0 Å². The van der Waals surface area contributed by atoms with Crippen LogP contribution in [-0.4, -0.2) is 17.0 Å². The Hall–Kier alpha value is -2.36. The van der Waals surface area contributed by atoms with E-state index in [1.54, 1.807) is 0 Å². The van der Waals surface area contributed by atoms with Crippen LogP contribution in [0.3, 0.4) is 0 Å². The van der Waals surface area contributed by atoms with Crippen LogP contribution in [-0.2, 0) is 9.59 Å². The molecule has 2 N–H and O–H groups in total. The largest absolute Gasteiger partial charge is 0.481 e. The molecule has 2 aromatic carbocycles. The van der Waals surface area contributed by atoms with Gasteiger partial charge in [0.2, 0.25) is 5.91 Å². The fourth-order valence-corrected chi connectivity index (χ4v) is 3.64. The number of amides is 1. The summed E-state index contributed by atoms with van der Waals surface area (Å²) in [6.07, 6.45) is 2.50. The summed E-state index contributed by atoms with van der Waals surface area (Å²) in [6.45, 7) is 2.00. The maximum absolute atomic E-state index is 12.5. The number of hydrogen-bond acceptors (Lipinski definition) is 2. The number of benzene rings is 2. The Kier molecular flexibility index (Phi) is 4.84. The van der Waals surface area contributed by atoms with Gasteiger partial charge in [-0.3, -0.25) is 9.59 Å². The Balaban J connectivity index is 1.67. The van der Waals surface area contributed by atoms with E-state index in [4.69, 9.17) is 5.11 Å². The first-order valence-corrected chi connectivity index (χ1v) is 8.57. The molecule has 1 unspecified atom stereocenters. The van der Waals surface area contributed by atoms with Crippen molar-refractivity contribution in [3.8, 4) is 0 Å². The van der Waals surface area contributed by atoms with Crippen LogP contribution in [0.4, 0.5) is 0 Å². The molecule has 4 nitrogen and oxygen atoms in total. The Bertz CT molecular complexity index is 742. The highest BCUT2D eigenvalue weighted by molar-refractivity contribution is 5.87. The molecule has 1 saturated carbocycles. The smallest absolute Gasteiger partial charge is 0.306 e. The lowest BCUT2D eigenvalue weighted by molar-refractivity contribution is -0.144. The average Bonchev–Trinajstić information content (AvgIpc) is 2.61. The summed E-state index contributed by atoms with van der Waals surface area (Å²) in [6, 6.07) is 14.2. The van der Waals surface area contributed by atoms with Gasteiger partial charge in [-0.15, -0.1) is 0 Å². The zero-order valence-corrected chi connectivity index (χ0v) is 13.9. The van der Waals surface area contributed by atoms with E-state index in [9.17, 15) is 9.59 Å². The van der Waals surface area contributed by atoms with Crippen LogP contribution < -0.4 is 5.32 Å². The Labute approximate surface area is 141 Å². The summed E-state index contributed by atoms with van der Waals surface area (Å²) in [7, 11) is 0. The van der Waals surface area contributed by atoms with Crippen LogP contribution in [0.25, 0.3) is 10.8 Å². The molecular weight excluding hydrogens is 302 g/mol. The van der Waals surface area contributed by atoms with Gasteiger partial charge in [-0.05, 0) is 48.9 Å². The van der Waals surface area contributed by atoms with E-state index >= 15 is 0 Å². The third kappa shape index (κ3) is 3.42. The normalized spacial score (nSPS) is 22.0. The minimum absolute atomic E-state index is 0.0410. The summed E-state index contributed by atoms with van der Waals surface area (Å²) in [5.41, 5.74) is 1.11. The number of rotatable bonds is 4. The van der Waals surface area contributed by atoms with Crippen molar-refractivity contribution in [2.45, 2.75) is 38.6 Å². The van der Waals surface area contributed by atoms with Crippen LogP contribution in [0, 0.1) is 11.8 Å². The molecule has 1 atom stereocenters. The first-order chi connectivity index (χ1) is 11.6. The lowest BCUT2D eigenvalue weighted by Crippen LogP contribution is -2.35. The molecule has 4 heteroatoms. The number of carbonyl (C=O) groups is 2. The van der Waals surface area contributed by atoms with Crippen molar-refractivity contribution >= 4 is 22.6 Å². The maximum atomic E-state index is 12.5. The number of fused-ring (bicyclic) bond motifs is 1. The Morgan fingerprint density at radius 1 is 1.00 bits per heavy atom. The quantitative estimate of drug-likeness (QED) is 0.895. The first kappa shape index (κ1) is 16.5. The summed E-state index contributed by atoms with van der Waals surface area (Å²) < 4.78 is 0. The molecule has 1 aliphatic rings. The number of carboxylic acid groups (broad SMARTS) is 1. The van der Waals surface area contributed by atoms with Crippen LogP contribution in [0.15, 0.2) is 42.5 Å². The fourth-order valence-electron chi connectivity index (χ4n) is 3.64. The molecule has 1 fully saturated rings. The van der Waals surface area contributed by atoms with Gasteiger partial charge in [-0.1, -0.05) is 42.5 Å². The predicted molar refractivity (Wildman–Crippen MR) is 93.6 cm³/mol. The zero-order chi connectivity index (χ0) is 17.1. The number of aliphatic carboxylic acids is 1. The molecule has 0 bridgehead atoms. The highest BCUT2D eigenvalue weighted by Gasteiger charge is 2.30. The molecule has 0 saturated heterocycles. The van der Waals surface area contributed by atoms with Crippen LogP contribution >= 0.6 is 0 Å². The van der Waals surface area contributed by atoms with Crippen molar-refractivity contribution in [2.75, 3.05) is 0 Å². The molecular formula is C20H23NO3. The molecule has 1 amide bonds. The molecule has 0 radical (unpaired) electrons. The SMILES string of the molecule is CC(NC(=O)C1CCC(C(=O)O)CC1)c1cccc2ccccc12. The molecule has 0 aliphatic heterocycles. The summed E-state index contributed by atoms with van der Waals surface area (Å²) in [5.74, 6) is -1.06. The van der Waals surface area contributed by atoms with Gasteiger partial charge in [0.15, 0.2) is 0 Å². The molecule has 24 heavy (non-hydrogen) atoms. The predicted octanol–water partition coefficient (Wildman–Crippen LogP) is 3.91. The minimum atomic E-state index is -0.738. The molecule has 126 valence electrons. The lowest BCUT2D eigenvalue weighted by Gasteiger charge is -2.27. The van der Waals surface area contributed by atoms with E-state index in [1.807, 2.05) is 25.1 Å². The van der Waals surface area contributed by atoms with Gasteiger partial charge in [0.25, 0.3) is 0 Å². The second-order valence-corrected chi connectivity index (χ2v) is 6.69. The van der Waals surface area contributed by atoms with Crippen molar-refractivity contribution in [3.05, 3.63) is 48.0 Å². The van der Waals surface area contributed by atoms with Crippen molar-refractivity contribution in [1.82, 2.24) is 5.32 Å². The van der Waals surface area contributed by atoms with Crippen LogP contribution in [0.1, 0.15) is 44.2 Å². The third-order valence-electron chi connectivity index (χ3n) is 5.10. The molecule has 0 heterocycles. The third-order valence-corrected chi connectivity index (χ3v) is 5.10. The van der Waals surface area contributed by atoms with Gasteiger partial charge in [0.05, 0.1) is 12.0 Å². The minimum Gasteiger partial charge on any atom is -0.481 e. The van der Waals surface area contributed by atoms with Crippen molar-refractivity contribution in [1.29, 1.82) is 0 Å². The van der Waals surface area contributed by atoms with E-state index in [0.717, 1.165) is 16.3 Å². The van der Waals surface area contributed by atoms with Gasteiger partial charge >= 0.3 is 5.97 Å². The van der Waals surface area contributed by atoms with Gasteiger partial charge < -0.3 is 10.4 Å². The zero-order valence-electron chi connectivity index (χ0n) is 13.9. The van der Waals surface area contributed by atoms with Gasteiger partial charge in [0.1, 0.15) is 0 Å². The van der Waals surface area contributed by atoms with E-state index in [2.05, 4.69) is 29.6 Å². The highest BCUT2D eigenvalue weighted by atomic mass is 16.4. The topological polar surface area (TPSA) is 66.4 Å². The summed E-state index contributed by atoms with van der Waals surface area (Å²) >= 11 is 0. The molecule has 3 rings (SSSR count). The van der Waals surface area contributed by atoms with Crippen molar-refractivity contribution in [3.63, 3.8) is 0 Å². The molecule has 0 spiro atoms. The molecule has 0 aromatic heterocycles. The Morgan fingerprint density at radius 2 is 1.62 bits per heavy atom. The van der Waals surface area contributed by atoms with E-state index in [-0.39, 0.29) is 23.8 Å². The first-order valence-electron chi connectivity index (χ1n) is 8.57. The van der Waals surface area contributed by atoms with Gasteiger partial charge in [0, 0.05) is 5.92 Å². The van der Waals surface area contributed by atoms with Crippen molar-refractivity contribution in [2.24, 2.45) is 11.8 Å². The van der Waals surface area contributed by atoms with Crippen molar-refractivity contribution < 1.29 is 14.7 Å². The fraction of sp³-hybridized carbons (Fsp3) is 0.400. The number of carboxylic acids is 1. The molecule has 2 aromatic rings. The monoisotopic (exact) mass is 325 g/mol. The van der Waals surface area contributed by atoms with Crippen LogP contribution in [0.2, 0.25) is 0 Å². The number of carbonyl (C=O) groups excluding carboxylic acids is 1. The summed E-state index contributed by atoms with van der Waals surface area (Å²) in [5, 5.41) is 14.5. The average molecular weight is 325 g/mol. The number of nitrogens with one attached hydrogen (secondary N) is 1. The van der Waals surface area contributed by atoms with E-state index in [1.165, 1.54) is 0 Å². The number of hydrogen-bond donors (Lipinski definition) is 2. The Morgan fingerprint density at radius 3 is 2.33 bits per heavy atom. The van der Waals surface area contributed by atoms with E-state index < -0.39 is 5.97 Å². The molecule has 1 aliphatic carbocycles. The highest BCUT2D eigenvalue weighted by Crippen LogP contribution is 2.30. The second-order valence-electron chi connectivity index (χ2n) is 6.69. The lowest BCUT2D eigenvalue weighted by atomic mass is 9.81. The summed E-state index contributed by atoms with van der Waals surface area (Å²) in [4.78, 5) is 23.6.